The van der Waals surface area contributed by atoms with E-state index in [-0.39, 0.29) is 24.1 Å². The average molecular weight is 428 g/mol. The van der Waals surface area contributed by atoms with Crippen molar-refractivity contribution in [3.63, 3.8) is 0 Å². The second-order valence-corrected chi connectivity index (χ2v) is 7.84. The zero-order valence-electron chi connectivity index (χ0n) is 17.0. The number of piperidine rings is 1. The van der Waals surface area contributed by atoms with Crippen LogP contribution in [0.1, 0.15) is 34.8 Å². The van der Waals surface area contributed by atoms with Crippen LogP contribution in [0.3, 0.4) is 0 Å². The molecule has 2 aromatic heterocycles. The van der Waals surface area contributed by atoms with Crippen LogP contribution in [-0.2, 0) is 16.1 Å². The summed E-state index contributed by atoms with van der Waals surface area (Å²) in [5, 5.41) is 18.1. The van der Waals surface area contributed by atoms with Crippen molar-refractivity contribution in [2.75, 3.05) is 0 Å². The number of imide groups is 1. The van der Waals surface area contributed by atoms with Crippen LogP contribution in [0, 0.1) is 0 Å². The molecular weight excluding hydrogens is 408 g/mol. The predicted molar refractivity (Wildman–Crippen MR) is 118 cm³/mol. The molecule has 8 heteroatoms. The van der Waals surface area contributed by atoms with Crippen molar-refractivity contribution in [2.45, 2.75) is 25.4 Å². The average Bonchev–Trinajstić information content (AvgIpc) is 3.12. The van der Waals surface area contributed by atoms with E-state index in [0.717, 1.165) is 21.9 Å². The van der Waals surface area contributed by atoms with Crippen LogP contribution < -0.4 is 10.6 Å². The molecular formula is C24H20N4O4. The van der Waals surface area contributed by atoms with Crippen LogP contribution >= 0.6 is 0 Å². The quantitative estimate of drug-likeness (QED) is 0.433. The molecule has 0 saturated carbocycles. The summed E-state index contributed by atoms with van der Waals surface area (Å²) in [7, 11) is 0. The van der Waals surface area contributed by atoms with Crippen LogP contribution in [0.4, 0.5) is 0 Å². The first kappa shape index (κ1) is 19.7. The maximum absolute atomic E-state index is 12.6. The number of carbonyl (C=O) groups excluding carboxylic acids is 3. The highest BCUT2D eigenvalue weighted by molar-refractivity contribution is 6.00. The normalized spacial score (nSPS) is 16.3. The fraction of sp³-hybridized carbons (Fsp3) is 0.167. The maximum Gasteiger partial charge on any atom is 0.251 e. The van der Waals surface area contributed by atoms with Crippen molar-refractivity contribution < 1.29 is 19.5 Å². The minimum absolute atomic E-state index is 0.0197. The van der Waals surface area contributed by atoms with E-state index in [1.54, 1.807) is 30.6 Å². The smallest absolute Gasteiger partial charge is 0.251 e. The van der Waals surface area contributed by atoms with Crippen molar-refractivity contribution in [1.82, 2.24) is 20.2 Å². The van der Waals surface area contributed by atoms with E-state index in [2.05, 4.69) is 15.6 Å². The number of aromatic hydroxyl groups is 1. The van der Waals surface area contributed by atoms with Gasteiger partial charge in [0.05, 0.1) is 5.52 Å². The molecule has 0 radical (unpaired) electrons. The van der Waals surface area contributed by atoms with Crippen molar-refractivity contribution in [3.05, 3.63) is 72.1 Å². The molecule has 1 unspecified atom stereocenters. The predicted octanol–water partition coefficient (Wildman–Crippen LogP) is 2.80. The first-order chi connectivity index (χ1) is 15.5. The molecule has 8 nitrogen and oxygen atoms in total. The Morgan fingerprint density at radius 2 is 2.03 bits per heavy atom. The van der Waals surface area contributed by atoms with Crippen LogP contribution in [0.25, 0.3) is 21.7 Å². The van der Waals surface area contributed by atoms with Gasteiger partial charge >= 0.3 is 0 Å². The Morgan fingerprint density at radius 1 is 1.16 bits per heavy atom. The van der Waals surface area contributed by atoms with Crippen molar-refractivity contribution in [1.29, 1.82) is 0 Å². The molecule has 0 aliphatic carbocycles. The van der Waals surface area contributed by atoms with Gasteiger partial charge < -0.3 is 15.0 Å². The molecule has 1 aliphatic rings. The Labute approximate surface area is 182 Å². The number of nitrogens with zero attached hydrogens (tertiary/aromatic N) is 2. The molecule has 2 aromatic carbocycles. The summed E-state index contributed by atoms with van der Waals surface area (Å²) in [6.07, 6.45) is 3.95. The number of nitrogens with one attached hydrogen (secondary N) is 2. The van der Waals surface area contributed by atoms with Crippen LogP contribution in [0.2, 0.25) is 0 Å². The minimum Gasteiger partial charge on any atom is -0.494 e. The Bertz CT molecular complexity index is 1390. The Morgan fingerprint density at radius 3 is 2.88 bits per heavy atom. The monoisotopic (exact) mass is 428 g/mol. The van der Waals surface area contributed by atoms with E-state index < -0.39 is 11.9 Å². The summed E-state index contributed by atoms with van der Waals surface area (Å²) in [5.41, 5.74) is 2.14. The Hall–Kier alpha value is -4.20. The number of benzene rings is 2. The summed E-state index contributed by atoms with van der Waals surface area (Å²) in [5.74, 6) is -0.952. The first-order valence-electron chi connectivity index (χ1n) is 10.3. The van der Waals surface area contributed by atoms with Gasteiger partial charge in [0.1, 0.15) is 6.04 Å². The van der Waals surface area contributed by atoms with Crippen molar-refractivity contribution in [3.8, 4) is 5.88 Å². The molecule has 1 aliphatic heterocycles. The molecule has 160 valence electrons. The minimum atomic E-state index is -0.634. The summed E-state index contributed by atoms with van der Waals surface area (Å²) in [6, 6.07) is 14.0. The standard InChI is InChI=1S/C24H20N4O4/c29-21-8-7-20(23(31)27-21)28-13-17-10-14(3-6-18(17)24(28)32)12-26-22(30)16-5-4-15-2-1-9-25-19(15)11-16/h1-6,9-11,13,20,32H,7-8,12H2,(H,26,30)(H,27,29,31). The third-order valence-corrected chi connectivity index (χ3v) is 5.75. The molecule has 0 spiro atoms. The van der Waals surface area contributed by atoms with Gasteiger partial charge in [-0.1, -0.05) is 18.2 Å². The number of hydrogen-bond acceptors (Lipinski definition) is 5. The molecule has 5 rings (SSSR count). The second kappa shape index (κ2) is 7.81. The lowest BCUT2D eigenvalue weighted by Gasteiger charge is -2.22. The van der Waals surface area contributed by atoms with Gasteiger partial charge in [-0.15, -0.1) is 0 Å². The number of aromatic nitrogens is 2. The fourth-order valence-electron chi connectivity index (χ4n) is 4.06. The van der Waals surface area contributed by atoms with Gasteiger partial charge in [0.15, 0.2) is 5.88 Å². The van der Waals surface area contributed by atoms with E-state index in [9.17, 15) is 19.5 Å². The topological polar surface area (TPSA) is 113 Å². The van der Waals surface area contributed by atoms with E-state index in [0.29, 0.717) is 23.9 Å². The summed E-state index contributed by atoms with van der Waals surface area (Å²) in [4.78, 5) is 40.5. The summed E-state index contributed by atoms with van der Waals surface area (Å²) >= 11 is 0. The van der Waals surface area contributed by atoms with Gasteiger partial charge in [-0.3, -0.25) is 24.7 Å². The number of fused-ring (bicyclic) bond motifs is 2. The number of hydrogen-bond donors (Lipinski definition) is 3. The van der Waals surface area contributed by atoms with Crippen LogP contribution in [-0.4, -0.2) is 32.4 Å². The lowest BCUT2D eigenvalue weighted by atomic mass is 10.1. The molecule has 3 amide bonds. The number of amides is 3. The first-order valence-corrected chi connectivity index (χ1v) is 10.3. The molecule has 4 aromatic rings. The lowest BCUT2D eigenvalue weighted by Crippen LogP contribution is -2.41. The molecule has 3 heterocycles. The lowest BCUT2D eigenvalue weighted by molar-refractivity contribution is -0.135. The largest absolute Gasteiger partial charge is 0.494 e. The van der Waals surface area contributed by atoms with Crippen molar-refractivity contribution >= 4 is 39.4 Å². The Kier molecular flexibility index (Phi) is 4.82. The molecule has 1 saturated heterocycles. The van der Waals surface area contributed by atoms with E-state index in [4.69, 9.17) is 0 Å². The molecule has 3 N–H and O–H groups in total. The molecule has 1 fully saturated rings. The van der Waals surface area contributed by atoms with Gasteiger partial charge in [-0.05, 0) is 42.3 Å². The zero-order chi connectivity index (χ0) is 22.2. The van der Waals surface area contributed by atoms with Gasteiger partial charge in [0.25, 0.3) is 5.91 Å². The van der Waals surface area contributed by atoms with Crippen LogP contribution in [0.15, 0.2) is 60.9 Å². The highest BCUT2D eigenvalue weighted by atomic mass is 16.3. The number of rotatable bonds is 4. The van der Waals surface area contributed by atoms with Crippen LogP contribution in [0.5, 0.6) is 5.88 Å². The maximum atomic E-state index is 12.6. The fourth-order valence-corrected chi connectivity index (χ4v) is 4.06. The SMILES string of the molecule is O=C1CCC(n2cc3cc(CNC(=O)c4ccc5cccnc5c4)ccc3c2O)C(=O)N1. The molecule has 32 heavy (non-hydrogen) atoms. The highest BCUT2D eigenvalue weighted by Gasteiger charge is 2.30. The summed E-state index contributed by atoms with van der Waals surface area (Å²) < 4.78 is 1.50. The van der Waals surface area contributed by atoms with Gasteiger partial charge in [0, 0.05) is 47.1 Å². The van der Waals surface area contributed by atoms with E-state index in [1.165, 1.54) is 4.57 Å². The number of carbonyl (C=O) groups is 3. The van der Waals surface area contributed by atoms with Gasteiger partial charge in [-0.2, -0.15) is 0 Å². The zero-order valence-corrected chi connectivity index (χ0v) is 17.0. The third-order valence-electron chi connectivity index (χ3n) is 5.75. The Balaban J connectivity index is 1.34. The number of pyridine rings is 1. The molecule has 1 atom stereocenters. The van der Waals surface area contributed by atoms with Gasteiger partial charge in [0.2, 0.25) is 11.8 Å². The molecule has 0 bridgehead atoms. The third kappa shape index (κ3) is 3.56. The van der Waals surface area contributed by atoms with Crippen molar-refractivity contribution in [2.24, 2.45) is 0 Å². The summed E-state index contributed by atoms with van der Waals surface area (Å²) in [6.45, 7) is 0.305. The highest BCUT2D eigenvalue weighted by Crippen LogP contribution is 2.33. The van der Waals surface area contributed by atoms with Gasteiger partial charge in [-0.25, -0.2) is 0 Å². The van der Waals surface area contributed by atoms with E-state index >= 15 is 0 Å². The van der Waals surface area contributed by atoms with E-state index in [1.807, 2.05) is 30.3 Å². The second-order valence-electron chi connectivity index (χ2n) is 7.84.